The average molecular weight is 236 g/mol. The summed E-state index contributed by atoms with van der Waals surface area (Å²) in [5.41, 5.74) is 7.98. The summed E-state index contributed by atoms with van der Waals surface area (Å²) in [6, 6.07) is 5.55. The fourth-order valence-electron chi connectivity index (χ4n) is 1.61. The van der Waals surface area contributed by atoms with Crippen LogP contribution in [0.2, 0.25) is 0 Å². The number of hydrogen-bond acceptors (Lipinski definition) is 4. The van der Waals surface area contributed by atoms with E-state index in [0.29, 0.717) is 17.3 Å². The lowest BCUT2D eigenvalue weighted by Gasteiger charge is -2.27. The molecule has 2 N–H and O–H groups in total. The third-order valence-corrected chi connectivity index (χ3v) is 3.08. The molecule has 0 heterocycles. The number of nitrogens with two attached hydrogens (primary N) is 1. The van der Waals surface area contributed by atoms with Crippen molar-refractivity contribution in [1.82, 2.24) is 0 Å². The summed E-state index contributed by atoms with van der Waals surface area (Å²) in [7, 11) is 3.34. The van der Waals surface area contributed by atoms with Crippen LogP contribution in [0.15, 0.2) is 18.2 Å². The van der Waals surface area contributed by atoms with Crippen LogP contribution in [0.1, 0.15) is 30.6 Å². The van der Waals surface area contributed by atoms with Crippen LogP contribution in [-0.4, -0.2) is 26.2 Å². The van der Waals surface area contributed by atoms with Crippen molar-refractivity contribution in [3.8, 4) is 0 Å². The molecule has 0 saturated heterocycles. The molecule has 1 aromatic rings. The van der Waals surface area contributed by atoms with Crippen molar-refractivity contribution >= 4 is 17.3 Å². The Kier molecular flexibility index (Phi) is 4.37. The molecule has 1 rings (SSSR count). The predicted molar refractivity (Wildman–Crippen MR) is 70.3 cm³/mol. The fraction of sp³-hybridized carbons (Fsp3) is 0.462. The van der Waals surface area contributed by atoms with Crippen LogP contribution >= 0.6 is 0 Å². The Balaban J connectivity index is 3.10. The first-order valence-electron chi connectivity index (χ1n) is 5.71. The molecule has 0 aromatic heterocycles. The maximum absolute atomic E-state index is 11.5. The molecule has 4 nitrogen and oxygen atoms in total. The van der Waals surface area contributed by atoms with Gasteiger partial charge in [0.2, 0.25) is 0 Å². The number of nitrogen functional groups attached to an aromatic ring is 1. The molecule has 0 spiro atoms. The zero-order chi connectivity index (χ0) is 13.0. The van der Waals surface area contributed by atoms with Gasteiger partial charge in [0.05, 0.1) is 24.0 Å². The molecule has 94 valence electrons. The van der Waals surface area contributed by atoms with Gasteiger partial charge in [0, 0.05) is 13.1 Å². The third kappa shape index (κ3) is 2.90. The van der Waals surface area contributed by atoms with E-state index < -0.39 is 0 Å². The van der Waals surface area contributed by atoms with E-state index >= 15 is 0 Å². The number of ether oxygens (including phenoxy) is 1. The Hall–Kier alpha value is -1.71. The van der Waals surface area contributed by atoms with Crippen molar-refractivity contribution in [2.45, 2.75) is 26.3 Å². The van der Waals surface area contributed by atoms with Gasteiger partial charge in [-0.3, -0.25) is 0 Å². The standard InChI is InChI=1S/C13H20N2O2/c1-5-9(2)15(3)12-8-10(13(16)17-4)6-7-11(12)14/h6-9H,5,14H2,1-4H3. The second kappa shape index (κ2) is 5.57. The van der Waals surface area contributed by atoms with Crippen LogP contribution in [0.25, 0.3) is 0 Å². The van der Waals surface area contributed by atoms with Crippen LogP contribution in [-0.2, 0) is 4.74 Å². The third-order valence-electron chi connectivity index (χ3n) is 3.08. The first-order chi connectivity index (χ1) is 8.01. The molecule has 1 aromatic carbocycles. The second-order valence-electron chi connectivity index (χ2n) is 4.13. The van der Waals surface area contributed by atoms with Crippen LogP contribution < -0.4 is 10.6 Å². The number of hydrogen-bond donors (Lipinski definition) is 1. The van der Waals surface area contributed by atoms with Gasteiger partial charge < -0.3 is 15.4 Å². The summed E-state index contributed by atoms with van der Waals surface area (Å²) in [4.78, 5) is 13.5. The highest BCUT2D eigenvalue weighted by atomic mass is 16.5. The molecular weight excluding hydrogens is 216 g/mol. The van der Waals surface area contributed by atoms with Crippen molar-refractivity contribution in [2.24, 2.45) is 0 Å². The number of benzene rings is 1. The minimum atomic E-state index is -0.344. The van der Waals surface area contributed by atoms with Gasteiger partial charge in [-0.2, -0.15) is 0 Å². The molecule has 0 fully saturated rings. The first-order valence-corrected chi connectivity index (χ1v) is 5.71. The maximum Gasteiger partial charge on any atom is 0.337 e. The van der Waals surface area contributed by atoms with E-state index in [1.807, 2.05) is 7.05 Å². The Morgan fingerprint density at radius 2 is 2.18 bits per heavy atom. The van der Waals surface area contributed by atoms with E-state index in [-0.39, 0.29) is 5.97 Å². The summed E-state index contributed by atoms with van der Waals surface area (Å²) in [5, 5.41) is 0. The summed E-state index contributed by atoms with van der Waals surface area (Å²) in [6.07, 6.45) is 1.01. The van der Waals surface area contributed by atoms with Crippen LogP contribution in [0, 0.1) is 0 Å². The Bertz CT molecular complexity index is 404. The van der Waals surface area contributed by atoms with Gasteiger partial charge in [-0.25, -0.2) is 4.79 Å². The van der Waals surface area contributed by atoms with Gasteiger partial charge in [-0.1, -0.05) is 6.92 Å². The van der Waals surface area contributed by atoms with Crippen molar-refractivity contribution in [3.63, 3.8) is 0 Å². The molecule has 4 heteroatoms. The highest BCUT2D eigenvalue weighted by Gasteiger charge is 2.14. The van der Waals surface area contributed by atoms with Crippen molar-refractivity contribution in [1.29, 1.82) is 0 Å². The molecule has 17 heavy (non-hydrogen) atoms. The van der Waals surface area contributed by atoms with Gasteiger partial charge in [-0.15, -0.1) is 0 Å². The van der Waals surface area contributed by atoms with Crippen LogP contribution in [0.4, 0.5) is 11.4 Å². The van der Waals surface area contributed by atoms with E-state index in [1.54, 1.807) is 18.2 Å². The minimum Gasteiger partial charge on any atom is -0.465 e. The summed E-state index contributed by atoms with van der Waals surface area (Å²) in [6.45, 7) is 4.23. The summed E-state index contributed by atoms with van der Waals surface area (Å²) < 4.78 is 4.70. The average Bonchev–Trinajstić information content (AvgIpc) is 2.36. The predicted octanol–water partition coefficient (Wildman–Crippen LogP) is 2.29. The number of nitrogens with zero attached hydrogens (tertiary/aromatic N) is 1. The highest BCUT2D eigenvalue weighted by molar-refractivity contribution is 5.92. The molecule has 0 radical (unpaired) electrons. The largest absolute Gasteiger partial charge is 0.465 e. The van der Waals surface area contributed by atoms with E-state index in [4.69, 9.17) is 10.5 Å². The number of carbonyl (C=O) groups is 1. The zero-order valence-corrected chi connectivity index (χ0v) is 10.9. The van der Waals surface area contributed by atoms with Crippen molar-refractivity contribution < 1.29 is 9.53 Å². The number of methoxy groups -OCH3 is 1. The van der Waals surface area contributed by atoms with Gasteiger partial charge in [0.15, 0.2) is 0 Å². The molecule has 0 aliphatic rings. The molecule has 0 aliphatic heterocycles. The smallest absolute Gasteiger partial charge is 0.337 e. The van der Waals surface area contributed by atoms with Crippen LogP contribution in [0.5, 0.6) is 0 Å². The number of carbonyl (C=O) groups excluding carboxylic acids is 1. The minimum absolute atomic E-state index is 0.344. The summed E-state index contributed by atoms with van der Waals surface area (Å²) in [5.74, 6) is -0.344. The highest BCUT2D eigenvalue weighted by Crippen LogP contribution is 2.26. The monoisotopic (exact) mass is 236 g/mol. The molecule has 0 bridgehead atoms. The Morgan fingerprint density at radius 1 is 1.53 bits per heavy atom. The lowest BCUT2D eigenvalue weighted by atomic mass is 10.1. The SMILES string of the molecule is CCC(C)N(C)c1cc(C(=O)OC)ccc1N. The number of rotatable bonds is 4. The van der Waals surface area contributed by atoms with Crippen molar-refractivity contribution in [3.05, 3.63) is 23.8 Å². The van der Waals surface area contributed by atoms with Crippen LogP contribution in [0.3, 0.4) is 0 Å². The lowest BCUT2D eigenvalue weighted by Crippen LogP contribution is -2.28. The summed E-state index contributed by atoms with van der Waals surface area (Å²) >= 11 is 0. The molecule has 0 aliphatic carbocycles. The molecule has 1 unspecified atom stereocenters. The first kappa shape index (κ1) is 13.4. The lowest BCUT2D eigenvalue weighted by molar-refractivity contribution is 0.0601. The quantitative estimate of drug-likeness (QED) is 0.643. The normalized spacial score (nSPS) is 12.0. The molecular formula is C13H20N2O2. The van der Waals surface area contributed by atoms with E-state index in [1.165, 1.54) is 7.11 Å². The topological polar surface area (TPSA) is 55.6 Å². The fourth-order valence-corrected chi connectivity index (χ4v) is 1.61. The molecule has 0 saturated carbocycles. The van der Waals surface area contributed by atoms with Gasteiger partial charge >= 0.3 is 5.97 Å². The number of anilines is 2. The Labute approximate surface area is 102 Å². The second-order valence-corrected chi connectivity index (χ2v) is 4.13. The van der Waals surface area contributed by atoms with E-state index in [9.17, 15) is 4.79 Å². The zero-order valence-electron chi connectivity index (χ0n) is 10.9. The van der Waals surface area contributed by atoms with Gasteiger partial charge in [0.1, 0.15) is 0 Å². The molecule has 1 atom stereocenters. The van der Waals surface area contributed by atoms with Gasteiger partial charge in [-0.05, 0) is 31.5 Å². The van der Waals surface area contributed by atoms with E-state index in [2.05, 4.69) is 18.7 Å². The van der Waals surface area contributed by atoms with Crippen molar-refractivity contribution in [2.75, 3.05) is 24.8 Å². The Morgan fingerprint density at radius 3 is 2.71 bits per heavy atom. The molecule has 0 amide bonds. The number of esters is 1. The maximum atomic E-state index is 11.5. The van der Waals surface area contributed by atoms with Gasteiger partial charge in [0.25, 0.3) is 0 Å². The van der Waals surface area contributed by atoms with E-state index in [0.717, 1.165) is 12.1 Å².